The zero-order valence-corrected chi connectivity index (χ0v) is 17.6. The largest absolute Gasteiger partial charge is 0.292 e. The van der Waals surface area contributed by atoms with E-state index >= 15 is 0 Å². The number of benzene rings is 4. The summed E-state index contributed by atoms with van der Waals surface area (Å²) in [7, 11) is 0. The molecular formula is C29H26N2. The zero-order valence-electron chi connectivity index (χ0n) is 21.6. The molecule has 0 radical (unpaired) electrons. The molecule has 0 bridgehead atoms. The van der Waals surface area contributed by atoms with Crippen LogP contribution in [0.25, 0.3) is 39.2 Å². The maximum absolute atomic E-state index is 8.77. The van der Waals surface area contributed by atoms with E-state index in [1.165, 1.54) is 0 Å². The van der Waals surface area contributed by atoms with Crippen molar-refractivity contribution in [1.82, 2.24) is 9.55 Å². The van der Waals surface area contributed by atoms with Crippen LogP contribution < -0.4 is 0 Å². The van der Waals surface area contributed by atoms with Crippen molar-refractivity contribution in [2.24, 2.45) is 0 Å². The maximum atomic E-state index is 8.77. The van der Waals surface area contributed by atoms with Crippen molar-refractivity contribution in [2.45, 2.75) is 26.6 Å². The number of imidazole rings is 1. The minimum Gasteiger partial charge on any atom is -0.292 e. The molecule has 0 amide bonds. The van der Waals surface area contributed by atoms with E-state index in [0.717, 1.165) is 33.4 Å². The number of aromatic nitrogens is 2. The molecule has 0 aliphatic carbocycles. The Balaban J connectivity index is 1.85. The first-order valence-corrected chi connectivity index (χ1v) is 10.4. The standard InChI is InChI=1S/C29H26N2/c1-20(2)25-15-10-16-27-28(25)31(24-13-8-5-9-14-24)29(30-27)23-18-17-21(3)26(19-23)22-11-6-4-7-12-22/h4-20H,1-3H3/i3D3,20D. The molecule has 152 valence electrons. The van der Waals surface area contributed by atoms with Crippen LogP contribution in [0.5, 0.6) is 0 Å². The lowest BCUT2D eigenvalue weighted by Gasteiger charge is -2.15. The molecule has 31 heavy (non-hydrogen) atoms. The van der Waals surface area contributed by atoms with E-state index in [1.807, 2.05) is 105 Å². The van der Waals surface area contributed by atoms with Crippen molar-refractivity contribution >= 4 is 11.0 Å². The fraction of sp³-hybridized carbons (Fsp3) is 0.138. The van der Waals surface area contributed by atoms with E-state index < -0.39 is 12.7 Å². The lowest BCUT2D eigenvalue weighted by atomic mass is 9.98. The van der Waals surface area contributed by atoms with Crippen LogP contribution >= 0.6 is 0 Å². The van der Waals surface area contributed by atoms with E-state index in [0.29, 0.717) is 17.0 Å². The summed E-state index contributed by atoms with van der Waals surface area (Å²) < 4.78 is 35.1. The lowest BCUT2D eigenvalue weighted by molar-refractivity contribution is 0.868. The highest BCUT2D eigenvalue weighted by Gasteiger charge is 2.19. The minimum absolute atomic E-state index is 0.308. The molecule has 1 heterocycles. The summed E-state index contributed by atoms with van der Waals surface area (Å²) in [6.45, 7) is 1.51. The van der Waals surface area contributed by atoms with Crippen LogP contribution in [0.3, 0.4) is 0 Å². The summed E-state index contributed by atoms with van der Waals surface area (Å²) in [6, 6.07) is 30.9. The first-order chi connectivity index (χ1) is 16.6. The Morgan fingerprint density at radius 1 is 0.806 bits per heavy atom. The molecule has 5 aromatic rings. The summed E-state index contributed by atoms with van der Waals surface area (Å²) in [5, 5.41) is 0. The molecule has 0 unspecified atom stereocenters. The summed E-state index contributed by atoms with van der Waals surface area (Å²) >= 11 is 0. The summed E-state index contributed by atoms with van der Waals surface area (Å²) in [6.07, 6.45) is 0. The van der Waals surface area contributed by atoms with E-state index in [9.17, 15) is 0 Å². The van der Waals surface area contributed by atoms with Crippen molar-refractivity contribution in [3.8, 4) is 28.2 Å². The van der Waals surface area contributed by atoms with Crippen molar-refractivity contribution in [1.29, 1.82) is 0 Å². The highest BCUT2D eigenvalue weighted by Crippen LogP contribution is 2.35. The Hall–Kier alpha value is -3.65. The van der Waals surface area contributed by atoms with Crippen LogP contribution in [-0.2, 0) is 0 Å². The average Bonchev–Trinajstić information content (AvgIpc) is 3.23. The molecule has 0 aliphatic rings. The van der Waals surface area contributed by atoms with Gasteiger partial charge in [-0.1, -0.05) is 86.6 Å². The van der Waals surface area contributed by atoms with Crippen molar-refractivity contribution in [3.63, 3.8) is 0 Å². The van der Waals surface area contributed by atoms with Gasteiger partial charge in [0.1, 0.15) is 5.82 Å². The molecule has 0 spiro atoms. The van der Waals surface area contributed by atoms with Gasteiger partial charge in [-0.3, -0.25) is 4.57 Å². The molecule has 2 nitrogen and oxygen atoms in total. The number of nitrogens with zero attached hydrogens (tertiary/aromatic N) is 2. The summed E-state index contributed by atoms with van der Waals surface area (Å²) in [5.74, 6) is -0.124. The van der Waals surface area contributed by atoms with Crippen LogP contribution in [-0.4, -0.2) is 9.55 Å². The Labute approximate surface area is 189 Å². The van der Waals surface area contributed by atoms with E-state index in [-0.39, 0.29) is 0 Å². The third kappa shape index (κ3) is 3.44. The second-order valence-corrected chi connectivity index (χ2v) is 7.91. The smallest absolute Gasteiger partial charge is 0.145 e. The van der Waals surface area contributed by atoms with Gasteiger partial charge in [0.15, 0.2) is 0 Å². The Bertz CT molecular complexity index is 1500. The first kappa shape index (κ1) is 15.2. The van der Waals surface area contributed by atoms with E-state index in [4.69, 9.17) is 10.5 Å². The van der Waals surface area contributed by atoms with Gasteiger partial charge in [0.05, 0.1) is 11.0 Å². The van der Waals surface area contributed by atoms with Gasteiger partial charge >= 0.3 is 0 Å². The second kappa shape index (κ2) is 7.88. The third-order valence-electron chi connectivity index (χ3n) is 5.59. The SMILES string of the molecule is [2H]C([2H])([2H])c1ccc(-c2nc3cccc(C([2H])(C)C)c3n2-c2ccccc2)cc1-c1ccccc1. The van der Waals surface area contributed by atoms with Crippen LogP contribution in [0, 0.1) is 6.85 Å². The molecule has 0 atom stereocenters. The molecule has 1 aromatic heterocycles. The predicted molar refractivity (Wildman–Crippen MR) is 131 cm³/mol. The second-order valence-electron chi connectivity index (χ2n) is 7.91. The van der Waals surface area contributed by atoms with Gasteiger partial charge in [-0.05, 0) is 59.3 Å². The number of aryl methyl sites for hydroxylation is 1. The Morgan fingerprint density at radius 3 is 2.26 bits per heavy atom. The normalized spacial score (nSPS) is 14.0. The van der Waals surface area contributed by atoms with Gasteiger partial charge in [-0.2, -0.15) is 0 Å². The van der Waals surface area contributed by atoms with E-state index in [1.54, 1.807) is 6.07 Å². The molecule has 0 fully saturated rings. The van der Waals surface area contributed by atoms with Gasteiger partial charge in [0.2, 0.25) is 0 Å². The van der Waals surface area contributed by atoms with Gasteiger partial charge in [-0.25, -0.2) is 4.98 Å². The number of hydrogen-bond donors (Lipinski definition) is 0. The fourth-order valence-electron chi connectivity index (χ4n) is 4.09. The topological polar surface area (TPSA) is 17.8 Å². The number of rotatable bonds is 4. The highest BCUT2D eigenvalue weighted by molar-refractivity contribution is 5.87. The first-order valence-electron chi connectivity index (χ1n) is 12.4. The fourth-order valence-corrected chi connectivity index (χ4v) is 4.09. The van der Waals surface area contributed by atoms with Gasteiger partial charge < -0.3 is 0 Å². The van der Waals surface area contributed by atoms with Crippen LogP contribution in [0.4, 0.5) is 0 Å². The molecule has 2 heteroatoms. The Kier molecular flexibility index (Phi) is 3.86. The van der Waals surface area contributed by atoms with Crippen LogP contribution in [0.2, 0.25) is 0 Å². The van der Waals surface area contributed by atoms with Gasteiger partial charge in [-0.15, -0.1) is 0 Å². The monoisotopic (exact) mass is 406 g/mol. The lowest BCUT2D eigenvalue weighted by Crippen LogP contribution is -2.01. The number of para-hydroxylation sites is 2. The van der Waals surface area contributed by atoms with Crippen LogP contribution in [0.1, 0.15) is 36.4 Å². The minimum atomic E-state index is -2.24. The van der Waals surface area contributed by atoms with Gasteiger partial charge in [0, 0.05) is 16.7 Å². The zero-order chi connectivity index (χ0) is 24.8. The van der Waals surface area contributed by atoms with Crippen molar-refractivity contribution in [3.05, 3.63) is 108 Å². The van der Waals surface area contributed by atoms with Crippen LogP contribution in [0.15, 0.2) is 97.1 Å². The maximum Gasteiger partial charge on any atom is 0.145 e. The number of hydrogen-bond acceptors (Lipinski definition) is 1. The van der Waals surface area contributed by atoms with E-state index in [2.05, 4.69) is 4.57 Å². The van der Waals surface area contributed by atoms with Crippen molar-refractivity contribution in [2.75, 3.05) is 0 Å². The third-order valence-corrected chi connectivity index (χ3v) is 5.59. The molecule has 0 aliphatic heterocycles. The summed E-state index contributed by atoms with van der Waals surface area (Å²) in [4.78, 5) is 5.00. The number of fused-ring (bicyclic) bond motifs is 1. The molecule has 4 aromatic carbocycles. The molecule has 5 rings (SSSR count). The quantitative estimate of drug-likeness (QED) is 0.298. The Morgan fingerprint density at radius 2 is 1.55 bits per heavy atom. The molecule has 0 saturated carbocycles. The average molecular weight is 407 g/mol. The molecule has 0 N–H and O–H groups in total. The van der Waals surface area contributed by atoms with Gasteiger partial charge in [0.25, 0.3) is 0 Å². The van der Waals surface area contributed by atoms with Crippen molar-refractivity contribution < 1.29 is 5.48 Å². The summed E-state index contributed by atoms with van der Waals surface area (Å²) in [5.41, 5.74) is 6.11. The molecule has 0 saturated heterocycles. The molecular weight excluding hydrogens is 376 g/mol. The highest BCUT2D eigenvalue weighted by atomic mass is 15.1. The predicted octanol–water partition coefficient (Wildman–Crippen LogP) is 7.79.